The molecule has 150 valence electrons. The number of nitrogens with zero attached hydrogens (tertiary/aromatic N) is 5. The monoisotopic (exact) mass is 429 g/mol. The minimum absolute atomic E-state index is 0.0641. The molecule has 0 radical (unpaired) electrons. The van der Waals surface area contributed by atoms with Crippen molar-refractivity contribution in [3.05, 3.63) is 65.2 Å². The third-order valence-electron chi connectivity index (χ3n) is 4.30. The quantitative estimate of drug-likeness (QED) is 0.345. The lowest BCUT2D eigenvalue weighted by Gasteiger charge is -2.10. The third kappa shape index (κ3) is 4.54. The Hall–Kier alpha value is -2.58. The van der Waals surface area contributed by atoms with E-state index in [0.29, 0.717) is 17.5 Å². The molecule has 0 amide bonds. The van der Waals surface area contributed by atoms with Crippen molar-refractivity contribution in [2.45, 2.75) is 43.6 Å². The van der Waals surface area contributed by atoms with Crippen molar-refractivity contribution < 1.29 is 8.94 Å². The van der Waals surface area contributed by atoms with Gasteiger partial charge in [0.15, 0.2) is 16.8 Å². The van der Waals surface area contributed by atoms with Gasteiger partial charge in [0.05, 0.1) is 18.1 Å². The first kappa shape index (κ1) is 19.7. The fourth-order valence-electron chi connectivity index (χ4n) is 2.86. The summed E-state index contributed by atoms with van der Waals surface area (Å²) in [5.41, 5.74) is 0.927. The van der Waals surface area contributed by atoms with Crippen LogP contribution in [0, 0.1) is 0 Å². The molecule has 0 saturated carbocycles. The number of aromatic nitrogens is 5. The SMILES string of the molecule is CCCc1noc(C(C)Sc2nnc(-c3ccc(Cl)cc3)n2Cc2ccco2)n1. The van der Waals surface area contributed by atoms with Crippen molar-refractivity contribution >= 4 is 23.4 Å². The van der Waals surface area contributed by atoms with Gasteiger partial charge in [0.1, 0.15) is 5.76 Å². The van der Waals surface area contributed by atoms with Crippen LogP contribution in [0.2, 0.25) is 5.02 Å². The molecule has 0 aliphatic carbocycles. The van der Waals surface area contributed by atoms with E-state index in [2.05, 4.69) is 27.3 Å². The van der Waals surface area contributed by atoms with Gasteiger partial charge in [0.2, 0.25) is 5.89 Å². The first-order valence-electron chi connectivity index (χ1n) is 9.34. The number of rotatable bonds is 8. The van der Waals surface area contributed by atoms with E-state index in [1.807, 2.05) is 47.9 Å². The molecule has 4 rings (SSSR count). The van der Waals surface area contributed by atoms with E-state index in [0.717, 1.165) is 41.0 Å². The zero-order valence-electron chi connectivity index (χ0n) is 16.1. The van der Waals surface area contributed by atoms with Crippen molar-refractivity contribution in [1.82, 2.24) is 24.9 Å². The fraction of sp³-hybridized carbons (Fsp3) is 0.300. The maximum absolute atomic E-state index is 6.04. The molecule has 0 N–H and O–H groups in total. The minimum Gasteiger partial charge on any atom is -0.467 e. The Balaban J connectivity index is 1.64. The molecule has 1 unspecified atom stereocenters. The van der Waals surface area contributed by atoms with Gasteiger partial charge in [-0.05, 0) is 49.7 Å². The number of aryl methyl sites for hydroxylation is 1. The molecule has 0 fully saturated rings. The molecule has 0 spiro atoms. The predicted molar refractivity (Wildman–Crippen MR) is 111 cm³/mol. The van der Waals surface area contributed by atoms with Gasteiger partial charge in [-0.1, -0.05) is 35.4 Å². The van der Waals surface area contributed by atoms with Gasteiger partial charge in [-0.2, -0.15) is 4.98 Å². The van der Waals surface area contributed by atoms with Gasteiger partial charge in [-0.3, -0.25) is 4.57 Å². The third-order valence-corrected chi connectivity index (χ3v) is 5.62. The molecule has 7 nitrogen and oxygen atoms in total. The number of hydrogen-bond acceptors (Lipinski definition) is 7. The Kier molecular flexibility index (Phi) is 6.01. The highest BCUT2D eigenvalue weighted by atomic mass is 35.5. The maximum atomic E-state index is 6.04. The summed E-state index contributed by atoms with van der Waals surface area (Å²) in [6.07, 6.45) is 3.43. The minimum atomic E-state index is -0.0641. The van der Waals surface area contributed by atoms with Crippen molar-refractivity contribution in [1.29, 1.82) is 0 Å². The van der Waals surface area contributed by atoms with Crippen LogP contribution in [0.1, 0.15) is 43.0 Å². The van der Waals surface area contributed by atoms with Crippen molar-refractivity contribution in [3.8, 4) is 11.4 Å². The molecule has 29 heavy (non-hydrogen) atoms. The summed E-state index contributed by atoms with van der Waals surface area (Å²) >= 11 is 7.56. The second kappa shape index (κ2) is 8.84. The summed E-state index contributed by atoms with van der Waals surface area (Å²) in [5, 5.41) is 14.2. The zero-order chi connectivity index (χ0) is 20.2. The summed E-state index contributed by atoms with van der Waals surface area (Å²) in [7, 11) is 0. The van der Waals surface area contributed by atoms with E-state index in [1.165, 1.54) is 11.8 Å². The second-order valence-corrected chi connectivity index (χ2v) is 8.28. The fourth-order valence-corrected chi connectivity index (χ4v) is 3.86. The lowest BCUT2D eigenvalue weighted by atomic mass is 10.2. The van der Waals surface area contributed by atoms with Crippen LogP contribution in [-0.4, -0.2) is 24.9 Å². The molecule has 3 aromatic heterocycles. The summed E-state index contributed by atoms with van der Waals surface area (Å²) in [6.45, 7) is 4.61. The Bertz CT molecular complexity index is 1060. The van der Waals surface area contributed by atoms with Crippen LogP contribution in [0.15, 0.2) is 56.8 Å². The number of thioether (sulfide) groups is 1. The Morgan fingerprint density at radius 1 is 1.17 bits per heavy atom. The van der Waals surface area contributed by atoms with E-state index >= 15 is 0 Å². The molecule has 0 aliphatic rings. The molecule has 0 saturated heterocycles. The van der Waals surface area contributed by atoms with Crippen molar-refractivity contribution in [3.63, 3.8) is 0 Å². The zero-order valence-corrected chi connectivity index (χ0v) is 17.7. The lowest BCUT2D eigenvalue weighted by molar-refractivity contribution is 0.374. The molecule has 4 aromatic rings. The average molecular weight is 430 g/mol. The summed E-state index contributed by atoms with van der Waals surface area (Å²) < 4.78 is 13.0. The topological polar surface area (TPSA) is 82.8 Å². The normalized spacial score (nSPS) is 12.4. The van der Waals surface area contributed by atoms with Gasteiger partial charge in [-0.25, -0.2) is 0 Å². The first-order chi connectivity index (χ1) is 14.1. The van der Waals surface area contributed by atoms with Gasteiger partial charge in [-0.15, -0.1) is 10.2 Å². The lowest BCUT2D eigenvalue weighted by Crippen LogP contribution is -2.04. The second-order valence-electron chi connectivity index (χ2n) is 6.54. The predicted octanol–water partition coefficient (Wildman–Crippen LogP) is 5.43. The molecule has 0 aliphatic heterocycles. The molecular formula is C20H20ClN5O2S. The Morgan fingerprint density at radius 3 is 2.72 bits per heavy atom. The van der Waals surface area contributed by atoms with Crippen LogP contribution in [0.25, 0.3) is 11.4 Å². The van der Waals surface area contributed by atoms with Gasteiger partial charge in [0, 0.05) is 17.0 Å². The standard InChI is InChI=1S/C20H20ClN5O2S/c1-3-5-17-22-19(28-25-17)13(2)29-20-24-23-18(14-7-9-15(21)10-8-14)26(20)12-16-6-4-11-27-16/h4,6-11,13H,3,5,12H2,1-2H3. The van der Waals surface area contributed by atoms with E-state index in [9.17, 15) is 0 Å². The van der Waals surface area contributed by atoms with Crippen LogP contribution in [0.3, 0.4) is 0 Å². The number of furan rings is 1. The average Bonchev–Trinajstić information content (AvgIpc) is 3.46. The highest BCUT2D eigenvalue weighted by Crippen LogP contribution is 2.35. The molecule has 1 aromatic carbocycles. The van der Waals surface area contributed by atoms with Crippen LogP contribution in [0.4, 0.5) is 0 Å². The van der Waals surface area contributed by atoms with E-state index in [4.69, 9.17) is 20.5 Å². The van der Waals surface area contributed by atoms with Gasteiger partial charge >= 0.3 is 0 Å². The molecule has 9 heteroatoms. The smallest absolute Gasteiger partial charge is 0.239 e. The van der Waals surface area contributed by atoms with Gasteiger partial charge in [0.25, 0.3) is 0 Å². The van der Waals surface area contributed by atoms with E-state index in [-0.39, 0.29) is 5.25 Å². The number of hydrogen-bond donors (Lipinski definition) is 0. The summed E-state index contributed by atoms with van der Waals surface area (Å²) in [6, 6.07) is 11.3. The summed E-state index contributed by atoms with van der Waals surface area (Å²) in [4.78, 5) is 4.49. The van der Waals surface area contributed by atoms with Crippen LogP contribution in [-0.2, 0) is 13.0 Å². The summed E-state index contributed by atoms with van der Waals surface area (Å²) in [5.74, 6) is 2.87. The van der Waals surface area contributed by atoms with Crippen LogP contribution >= 0.6 is 23.4 Å². The molecule has 0 bridgehead atoms. The maximum Gasteiger partial charge on any atom is 0.239 e. The largest absolute Gasteiger partial charge is 0.467 e. The van der Waals surface area contributed by atoms with E-state index in [1.54, 1.807) is 6.26 Å². The van der Waals surface area contributed by atoms with Crippen molar-refractivity contribution in [2.75, 3.05) is 0 Å². The van der Waals surface area contributed by atoms with Crippen LogP contribution in [0.5, 0.6) is 0 Å². The van der Waals surface area contributed by atoms with Gasteiger partial charge < -0.3 is 8.94 Å². The van der Waals surface area contributed by atoms with Crippen LogP contribution < -0.4 is 0 Å². The Labute approximate surface area is 177 Å². The molecule has 1 atom stereocenters. The number of benzene rings is 1. The molecule has 3 heterocycles. The molecular weight excluding hydrogens is 410 g/mol. The number of halogens is 1. The Morgan fingerprint density at radius 2 is 2.00 bits per heavy atom. The highest BCUT2D eigenvalue weighted by Gasteiger charge is 2.22. The van der Waals surface area contributed by atoms with E-state index < -0.39 is 0 Å². The first-order valence-corrected chi connectivity index (χ1v) is 10.6. The highest BCUT2D eigenvalue weighted by molar-refractivity contribution is 7.99. The van der Waals surface area contributed by atoms with Crippen molar-refractivity contribution in [2.24, 2.45) is 0 Å².